The molecule has 18 heavy (non-hydrogen) atoms. The zero-order valence-electron chi connectivity index (χ0n) is 10.0. The SMILES string of the molecule is C[C@@H](NC(=O)C(N)CC(N)=O)c1ccc(Cl)cc1. The van der Waals surface area contributed by atoms with Crippen LogP contribution in [0.2, 0.25) is 5.02 Å². The summed E-state index contributed by atoms with van der Waals surface area (Å²) < 4.78 is 0. The molecule has 0 bridgehead atoms. The lowest BCUT2D eigenvalue weighted by Crippen LogP contribution is -2.43. The van der Waals surface area contributed by atoms with Crippen molar-refractivity contribution >= 4 is 23.4 Å². The van der Waals surface area contributed by atoms with Crippen molar-refractivity contribution in [3.8, 4) is 0 Å². The van der Waals surface area contributed by atoms with Crippen LogP contribution in [0.5, 0.6) is 0 Å². The van der Waals surface area contributed by atoms with Crippen LogP contribution in [0.1, 0.15) is 24.9 Å². The molecule has 1 aromatic rings. The summed E-state index contributed by atoms with van der Waals surface area (Å²) in [6, 6.07) is 5.97. The lowest BCUT2D eigenvalue weighted by molar-refractivity contribution is -0.126. The lowest BCUT2D eigenvalue weighted by atomic mass is 10.1. The van der Waals surface area contributed by atoms with E-state index < -0.39 is 17.9 Å². The quantitative estimate of drug-likeness (QED) is 0.734. The van der Waals surface area contributed by atoms with Crippen LogP contribution in [0.15, 0.2) is 24.3 Å². The summed E-state index contributed by atoms with van der Waals surface area (Å²) >= 11 is 5.77. The molecule has 0 aliphatic rings. The molecule has 0 fully saturated rings. The molecule has 0 saturated heterocycles. The number of halogens is 1. The summed E-state index contributed by atoms with van der Waals surface area (Å²) in [6.45, 7) is 1.82. The van der Waals surface area contributed by atoms with E-state index in [0.29, 0.717) is 5.02 Å². The van der Waals surface area contributed by atoms with Crippen molar-refractivity contribution in [3.05, 3.63) is 34.9 Å². The summed E-state index contributed by atoms with van der Waals surface area (Å²) in [5.74, 6) is -1.01. The van der Waals surface area contributed by atoms with Gasteiger partial charge in [-0.25, -0.2) is 0 Å². The Bertz CT molecular complexity index is 433. The maximum atomic E-state index is 11.7. The molecule has 0 heterocycles. The third kappa shape index (κ3) is 4.35. The fourth-order valence-electron chi connectivity index (χ4n) is 1.46. The van der Waals surface area contributed by atoms with Gasteiger partial charge in [0.1, 0.15) is 0 Å². The second kappa shape index (κ2) is 6.37. The van der Waals surface area contributed by atoms with E-state index in [1.165, 1.54) is 0 Å². The molecule has 2 amide bonds. The summed E-state index contributed by atoms with van der Waals surface area (Å²) in [6.07, 6.45) is -0.167. The van der Waals surface area contributed by atoms with E-state index in [1.54, 1.807) is 12.1 Å². The van der Waals surface area contributed by atoms with Gasteiger partial charge >= 0.3 is 0 Å². The minimum atomic E-state index is -0.919. The largest absolute Gasteiger partial charge is 0.370 e. The normalized spacial score (nSPS) is 13.7. The highest BCUT2D eigenvalue weighted by molar-refractivity contribution is 6.30. The van der Waals surface area contributed by atoms with Crippen molar-refractivity contribution in [1.82, 2.24) is 5.32 Å². The van der Waals surface area contributed by atoms with Gasteiger partial charge in [-0.05, 0) is 24.6 Å². The van der Waals surface area contributed by atoms with Crippen molar-refractivity contribution < 1.29 is 9.59 Å². The van der Waals surface area contributed by atoms with Crippen LogP contribution < -0.4 is 16.8 Å². The highest BCUT2D eigenvalue weighted by Crippen LogP contribution is 2.16. The van der Waals surface area contributed by atoms with Crippen molar-refractivity contribution in [2.75, 3.05) is 0 Å². The number of hydrogen-bond donors (Lipinski definition) is 3. The molecule has 0 radical (unpaired) electrons. The molecular formula is C12H16ClN3O2. The van der Waals surface area contributed by atoms with E-state index >= 15 is 0 Å². The summed E-state index contributed by atoms with van der Waals surface area (Å²) in [7, 11) is 0. The third-order valence-electron chi connectivity index (χ3n) is 2.49. The zero-order valence-corrected chi connectivity index (χ0v) is 10.8. The second-order valence-electron chi connectivity index (χ2n) is 4.06. The van der Waals surface area contributed by atoms with Crippen molar-refractivity contribution in [2.45, 2.75) is 25.4 Å². The minimum absolute atomic E-state index is 0.167. The first kappa shape index (κ1) is 14.5. The number of primary amides is 1. The standard InChI is InChI=1S/C12H16ClN3O2/c1-7(8-2-4-9(13)5-3-8)16-12(18)10(14)6-11(15)17/h2-5,7,10H,6,14H2,1H3,(H2,15,17)(H,16,18)/t7-,10?/m1/s1. The van der Waals surface area contributed by atoms with Crippen molar-refractivity contribution in [2.24, 2.45) is 11.5 Å². The molecule has 6 heteroatoms. The number of benzene rings is 1. The van der Waals surface area contributed by atoms with E-state index in [0.717, 1.165) is 5.56 Å². The predicted octanol–water partition coefficient (Wildman–Crippen LogP) is 0.720. The van der Waals surface area contributed by atoms with Gasteiger partial charge in [0.25, 0.3) is 0 Å². The van der Waals surface area contributed by atoms with Crippen molar-refractivity contribution in [1.29, 1.82) is 0 Å². The molecule has 0 aromatic heterocycles. The topological polar surface area (TPSA) is 98.2 Å². The Balaban J connectivity index is 2.59. The van der Waals surface area contributed by atoms with Gasteiger partial charge in [0.2, 0.25) is 11.8 Å². The Morgan fingerprint density at radius 3 is 2.39 bits per heavy atom. The highest BCUT2D eigenvalue weighted by Gasteiger charge is 2.18. The number of amides is 2. The van der Waals surface area contributed by atoms with Gasteiger partial charge in [-0.2, -0.15) is 0 Å². The summed E-state index contributed by atoms with van der Waals surface area (Å²) in [4.78, 5) is 22.3. The zero-order chi connectivity index (χ0) is 13.7. The number of rotatable bonds is 5. The van der Waals surface area contributed by atoms with Gasteiger partial charge in [0.05, 0.1) is 18.5 Å². The smallest absolute Gasteiger partial charge is 0.237 e. The van der Waals surface area contributed by atoms with Gasteiger partial charge in [-0.3, -0.25) is 9.59 Å². The number of carbonyl (C=O) groups is 2. The van der Waals surface area contributed by atoms with Crippen molar-refractivity contribution in [3.63, 3.8) is 0 Å². The Morgan fingerprint density at radius 2 is 1.89 bits per heavy atom. The van der Waals surface area contributed by atoms with Crippen LogP contribution in [0.25, 0.3) is 0 Å². The molecule has 1 unspecified atom stereocenters. The molecule has 98 valence electrons. The third-order valence-corrected chi connectivity index (χ3v) is 2.74. The van der Waals surface area contributed by atoms with Gasteiger partial charge < -0.3 is 16.8 Å². The fourth-order valence-corrected chi connectivity index (χ4v) is 1.59. The summed E-state index contributed by atoms with van der Waals surface area (Å²) in [5.41, 5.74) is 11.4. The fraction of sp³-hybridized carbons (Fsp3) is 0.333. The molecule has 0 aliphatic heterocycles. The Morgan fingerprint density at radius 1 is 1.33 bits per heavy atom. The lowest BCUT2D eigenvalue weighted by Gasteiger charge is -2.17. The van der Waals surface area contributed by atoms with Crippen LogP contribution in [-0.2, 0) is 9.59 Å². The molecular weight excluding hydrogens is 254 g/mol. The monoisotopic (exact) mass is 269 g/mol. The highest BCUT2D eigenvalue weighted by atomic mass is 35.5. The number of nitrogens with two attached hydrogens (primary N) is 2. The molecule has 1 rings (SSSR count). The molecule has 0 saturated carbocycles. The summed E-state index contributed by atoms with van der Waals surface area (Å²) in [5, 5.41) is 3.33. The van der Waals surface area contributed by atoms with Crippen LogP contribution in [0.3, 0.4) is 0 Å². The molecule has 0 aliphatic carbocycles. The molecule has 5 N–H and O–H groups in total. The van der Waals surface area contributed by atoms with E-state index in [2.05, 4.69) is 5.32 Å². The van der Waals surface area contributed by atoms with Gasteiger partial charge in [0.15, 0.2) is 0 Å². The number of hydrogen-bond acceptors (Lipinski definition) is 3. The minimum Gasteiger partial charge on any atom is -0.370 e. The van der Waals surface area contributed by atoms with Gasteiger partial charge in [0, 0.05) is 5.02 Å². The molecule has 5 nitrogen and oxygen atoms in total. The Labute approximate surface area is 110 Å². The first-order chi connectivity index (χ1) is 8.40. The maximum absolute atomic E-state index is 11.7. The predicted molar refractivity (Wildman–Crippen MR) is 69.8 cm³/mol. The first-order valence-electron chi connectivity index (χ1n) is 5.50. The van der Waals surface area contributed by atoms with E-state index in [4.69, 9.17) is 23.1 Å². The average molecular weight is 270 g/mol. The average Bonchev–Trinajstić information content (AvgIpc) is 2.28. The molecule has 2 atom stereocenters. The van der Waals surface area contributed by atoms with E-state index in [9.17, 15) is 9.59 Å². The van der Waals surface area contributed by atoms with Gasteiger partial charge in [-0.1, -0.05) is 23.7 Å². The molecule has 1 aromatic carbocycles. The number of nitrogens with one attached hydrogen (secondary N) is 1. The Hall–Kier alpha value is -1.59. The first-order valence-corrected chi connectivity index (χ1v) is 5.87. The van der Waals surface area contributed by atoms with Crippen LogP contribution in [0, 0.1) is 0 Å². The second-order valence-corrected chi connectivity index (χ2v) is 4.50. The maximum Gasteiger partial charge on any atom is 0.237 e. The van der Waals surface area contributed by atoms with Gasteiger partial charge in [-0.15, -0.1) is 0 Å². The molecule has 0 spiro atoms. The number of carbonyl (C=O) groups excluding carboxylic acids is 2. The van der Waals surface area contributed by atoms with Crippen LogP contribution in [0.4, 0.5) is 0 Å². The Kier molecular flexibility index (Phi) is 5.12. The van der Waals surface area contributed by atoms with E-state index in [1.807, 2.05) is 19.1 Å². The van der Waals surface area contributed by atoms with Crippen LogP contribution >= 0.6 is 11.6 Å². The van der Waals surface area contributed by atoms with Crippen LogP contribution in [-0.4, -0.2) is 17.9 Å². The van der Waals surface area contributed by atoms with E-state index in [-0.39, 0.29) is 12.5 Å².